The molecule has 0 saturated heterocycles. The molecule has 0 aromatic heterocycles. The molecule has 0 fully saturated rings. The van der Waals surface area contributed by atoms with E-state index in [-0.39, 0.29) is 0 Å². The molecule has 0 aromatic rings. The standard InChI is InChI=1S/C16H30N2O5S/c1-16(2,3)23-15(19)18-7-5-9-21-11-13-22-12-10-20-8-4-6-17-14-24/h4-13H2,1-3H3,(H,18,19). The maximum atomic E-state index is 11.4. The zero-order chi connectivity index (χ0) is 18.1. The van der Waals surface area contributed by atoms with E-state index in [0.29, 0.717) is 52.7 Å². The molecule has 0 aliphatic carbocycles. The molecule has 0 aliphatic rings. The van der Waals surface area contributed by atoms with Crippen molar-refractivity contribution in [3.8, 4) is 0 Å². The molecule has 0 atom stereocenters. The van der Waals surface area contributed by atoms with Gasteiger partial charge in [0, 0.05) is 19.8 Å². The molecule has 0 radical (unpaired) electrons. The molecule has 0 bridgehead atoms. The number of aliphatic imine (C=N–C) groups is 1. The minimum Gasteiger partial charge on any atom is -0.444 e. The van der Waals surface area contributed by atoms with E-state index in [4.69, 9.17) is 18.9 Å². The average molecular weight is 362 g/mol. The predicted octanol–water partition coefficient (Wildman–Crippen LogP) is 2.44. The van der Waals surface area contributed by atoms with E-state index in [1.165, 1.54) is 0 Å². The van der Waals surface area contributed by atoms with Gasteiger partial charge >= 0.3 is 6.09 Å². The summed E-state index contributed by atoms with van der Waals surface area (Å²) in [6.07, 6.45) is 1.16. The van der Waals surface area contributed by atoms with Gasteiger partial charge in [-0.2, -0.15) is 0 Å². The highest BCUT2D eigenvalue weighted by molar-refractivity contribution is 7.78. The molecule has 1 N–H and O–H groups in total. The lowest BCUT2D eigenvalue weighted by atomic mass is 10.2. The van der Waals surface area contributed by atoms with Gasteiger partial charge in [-0.25, -0.2) is 9.79 Å². The van der Waals surface area contributed by atoms with Gasteiger partial charge in [0.15, 0.2) is 0 Å². The number of nitrogens with one attached hydrogen (secondary N) is 1. The lowest BCUT2D eigenvalue weighted by Gasteiger charge is -2.19. The highest BCUT2D eigenvalue weighted by atomic mass is 32.1. The van der Waals surface area contributed by atoms with Gasteiger partial charge in [-0.3, -0.25) is 0 Å². The van der Waals surface area contributed by atoms with Crippen LogP contribution in [0.5, 0.6) is 0 Å². The summed E-state index contributed by atoms with van der Waals surface area (Å²) >= 11 is 4.46. The third-order valence-corrected chi connectivity index (χ3v) is 2.63. The summed E-state index contributed by atoms with van der Waals surface area (Å²) in [6, 6.07) is 0. The van der Waals surface area contributed by atoms with Gasteiger partial charge < -0.3 is 24.3 Å². The molecule has 0 spiro atoms. The van der Waals surface area contributed by atoms with Crippen molar-refractivity contribution in [3.05, 3.63) is 0 Å². The van der Waals surface area contributed by atoms with Crippen LogP contribution in [-0.4, -0.2) is 69.6 Å². The number of ether oxygens (including phenoxy) is 4. The molecule has 7 nitrogen and oxygen atoms in total. The molecular formula is C16H30N2O5S. The number of alkyl carbamates (subject to hydrolysis) is 1. The molecule has 0 rings (SSSR count). The first-order chi connectivity index (χ1) is 11.5. The summed E-state index contributed by atoms with van der Waals surface area (Å²) in [5.41, 5.74) is -0.473. The van der Waals surface area contributed by atoms with E-state index in [1.54, 1.807) is 0 Å². The molecule has 140 valence electrons. The number of nitrogens with zero attached hydrogens (tertiary/aromatic N) is 1. The van der Waals surface area contributed by atoms with Crippen molar-refractivity contribution < 1.29 is 23.7 Å². The molecule has 0 aromatic carbocycles. The number of thiocarbonyl (C=S) groups is 1. The van der Waals surface area contributed by atoms with E-state index >= 15 is 0 Å². The lowest BCUT2D eigenvalue weighted by Crippen LogP contribution is -2.33. The highest BCUT2D eigenvalue weighted by Gasteiger charge is 2.15. The van der Waals surface area contributed by atoms with Crippen LogP contribution in [0.2, 0.25) is 0 Å². The number of hydrogen-bond acceptors (Lipinski definition) is 7. The van der Waals surface area contributed by atoms with Gasteiger partial charge in [-0.15, -0.1) is 0 Å². The Kier molecular flexibility index (Phi) is 14.8. The van der Waals surface area contributed by atoms with E-state index in [9.17, 15) is 4.79 Å². The number of carbonyl (C=O) groups is 1. The van der Waals surface area contributed by atoms with E-state index in [2.05, 4.69) is 27.7 Å². The normalized spacial score (nSPS) is 11.0. The first kappa shape index (κ1) is 22.9. The molecule has 0 heterocycles. The summed E-state index contributed by atoms with van der Waals surface area (Å²) in [5.74, 6) is 0. The van der Waals surface area contributed by atoms with Crippen molar-refractivity contribution in [1.29, 1.82) is 0 Å². The van der Waals surface area contributed by atoms with Crippen LogP contribution in [0.15, 0.2) is 4.99 Å². The molecule has 24 heavy (non-hydrogen) atoms. The van der Waals surface area contributed by atoms with Crippen LogP contribution in [0.1, 0.15) is 33.6 Å². The van der Waals surface area contributed by atoms with Crippen LogP contribution in [-0.2, 0) is 18.9 Å². The van der Waals surface area contributed by atoms with Gasteiger partial charge in [0.2, 0.25) is 0 Å². The number of carbonyl (C=O) groups excluding carboxylic acids is 1. The summed E-state index contributed by atoms with van der Waals surface area (Å²) in [7, 11) is 0. The Morgan fingerprint density at radius 3 is 2.08 bits per heavy atom. The first-order valence-corrected chi connectivity index (χ1v) is 8.60. The van der Waals surface area contributed by atoms with Crippen molar-refractivity contribution in [3.63, 3.8) is 0 Å². The zero-order valence-electron chi connectivity index (χ0n) is 15.0. The minimum absolute atomic E-state index is 0.403. The van der Waals surface area contributed by atoms with Crippen LogP contribution < -0.4 is 5.32 Å². The zero-order valence-corrected chi connectivity index (χ0v) is 15.8. The maximum absolute atomic E-state index is 11.4. The molecule has 1 amide bonds. The SMILES string of the molecule is CC(C)(C)OC(=O)NCCCOCCOCCOCCCN=C=S. The molecule has 0 unspecified atom stereocenters. The van der Waals surface area contributed by atoms with Crippen LogP contribution >= 0.6 is 12.2 Å². The van der Waals surface area contributed by atoms with Gasteiger partial charge in [-0.1, -0.05) is 0 Å². The Bertz CT molecular complexity index is 368. The topological polar surface area (TPSA) is 78.4 Å². The van der Waals surface area contributed by atoms with Crippen molar-refractivity contribution in [2.45, 2.75) is 39.2 Å². The minimum atomic E-state index is -0.473. The quantitative estimate of drug-likeness (QED) is 0.290. The lowest BCUT2D eigenvalue weighted by molar-refractivity contribution is 0.0138. The Morgan fingerprint density at radius 1 is 1.00 bits per heavy atom. The monoisotopic (exact) mass is 362 g/mol. The summed E-state index contributed by atoms with van der Waals surface area (Å²) in [4.78, 5) is 15.2. The van der Waals surface area contributed by atoms with Crippen LogP contribution in [0.25, 0.3) is 0 Å². The van der Waals surface area contributed by atoms with Crippen LogP contribution in [0.4, 0.5) is 4.79 Å². The van der Waals surface area contributed by atoms with Crippen molar-refractivity contribution >= 4 is 23.5 Å². The number of amides is 1. The fraction of sp³-hybridized carbons (Fsp3) is 0.875. The smallest absolute Gasteiger partial charge is 0.407 e. The number of isothiocyanates is 1. The Labute approximate surface area is 150 Å². The molecular weight excluding hydrogens is 332 g/mol. The fourth-order valence-electron chi connectivity index (χ4n) is 1.51. The molecule has 0 aliphatic heterocycles. The number of hydrogen-bond donors (Lipinski definition) is 1. The van der Waals surface area contributed by atoms with E-state index < -0.39 is 11.7 Å². The van der Waals surface area contributed by atoms with Crippen LogP contribution in [0, 0.1) is 0 Å². The molecule has 8 heteroatoms. The second kappa shape index (κ2) is 15.5. The van der Waals surface area contributed by atoms with Crippen LogP contribution in [0.3, 0.4) is 0 Å². The summed E-state index contributed by atoms with van der Waals surface area (Å²) < 4.78 is 21.2. The maximum Gasteiger partial charge on any atom is 0.407 e. The van der Waals surface area contributed by atoms with Gasteiger partial charge in [0.05, 0.1) is 38.1 Å². The first-order valence-electron chi connectivity index (χ1n) is 8.19. The Hall–Kier alpha value is -1.05. The highest BCUT2D eigenvalue weighted by Crippen LogP contribution is 2.06. The molecule has 0 saturated carbocycles. The number of rotatable bonds is 14. The van der Waals surface area contributed by atoms with Crippen molar-refractivity contribution in [2.24, 2.45) is 4.99 Å². The third kappa shape index (κ3) is 19.0. The third-order valence-electron chi connectivity index (χ3n) is 2.50. The van der Waals surface area contributed by atoms with E-state index in [0.717, 1.165) is 12.8 Å². The van der Waals surface area contributed by atoms with E-state index in [1.807, 2.05) is 20.8 Å². The largest absolute Gasteiger partial charge is 0.444 e. The van der Waals surface area contributed by atoms with Crippen molar-refractivity contribution in [2.75, 3.05) is 52.7 Å². The van der Waals surface area contributed by atoms with Gasteiger partial charge in [0.1, 0.15) is 5.60 Å². The Balaban J connectivity index is 3.18. The summed E-state index contributed by atoms with van der Waals surface area (Å²) in [5, 5.41) is 4.99. The fourth-order valence-corrected chi connectivity index (χ4v) is 1.60. The Morgan fingerprint density at radius 2 is 1.54 bits per heavy atom. The second-order valence-corrected chi connectivity index (χ2v) is 6.13. The van der Waals surface area contributed by atoms with Gasteiger partial charge in [0.25, 0.3) is 0 Å². The average Bonchev–Trinajstić information content (AvgIpc) is 2.49. The second-order valence-electron chi connectivity index (χ2n) is 5.95. The van der Waals surface area contributed by atoms with Gasteiger partial charge in [-0.05, 0) is 45.8 Å². The predicted molar refractivity (Wildman–Crippen MR) is 95.8 cm³/mol. The summed E-state index contributed by atoms with van der Waals surface area (Å²) in [6.45, 7) is 10.0. The van der Waals surface area contributed by atoms with Crippen molar-refractivity contribution in [1.82, 2.24) is 5.32 Å².